The van der Waals surface area contributed by atoms with Gasteiger partial charge in [-0.1, -0.05) is 0 Å². The molecular weight excluding hydrogens is 226 g/mol. The van der Waals surface area contributed by atoms with Crippen molar-refractivity contribution in [2.75, 3.05) is 11.1 Å². The molecule has 1 aromatic carbocycles. The van der Waals surface area contributed by atoms with Gasteiger partial charge in [-0.05, 0) is 38.5 Å². The number of nitrogens with one attached hydrogen (secondary N) is 1. The molecule has 2 rings (SSSR count). The van der Waals surface area contributed by atoms with Gasteiger partial charge in [0.2, 0.25) is 0 Å². The number of nitrogen functional groups attached to an aromatic ring is 1. The molecule has 2 atom stereocenters. The third-order valence-corrected chi connectivity index (χ3v) is 2.95. The molecule has 1 heterocycles. The second-order valence-electron chi connectivity index (χ2n) is 4.75. The standard InChI is InChI=1S/C14H19N3O/c1-9(7-10(2)18)17-14-4-3-13(15)12-8-16-6-5-11(12)14/h3-6,8-10,17-18H,7,15H2,1-2H3. The lowest BCUT2D eigenvalue weighted by Crippen LogP contribution is -2.20. The summed E-state index contributed by atoms with van der Waals surface area (Å²) < 4.78 is 0. The number of rotatable bonds is 4. The van der Waals surface area contributed by atoms with Crippen LogP contribution >= 0.6 is 0 Å². The molecule has 0 saturated heterocycles. The van der Waals surface area contributed by atoms with E-state index in [4.69, 9.17) is 5.73 Å². The Morgan fingerprint density at radius 1 is 1.28 bits per heavy atom. The van der Waals surface area contributed by atoms with E-state index in [9.17, 15) is 5.11 Å². The summed E-state index contributed by atoms with van der Waals surface area (Å²) in [6.07, 6.45) is 3.92. The van der Waals surface area contributed by atoms with Gasteiger partial charge >= 0.3 is 0 Å². The number of aromatic nitrogens is 1. The number of nitrogens with zero attached hydrogens (tertiary/aromatic N) is 1. The second kappa shape index (κ2) is 5.23. The third kappa shape index (κ3) is 2.71. The Labute approximate surface area is 107 Å². The fourth-order valence-corrected chi connectivity index (χ4v) is 2.17. The van der Waals surface area contributed by atoms with Crippen molar-refractivity contribution < 1.29 is 5.11 Å². The van der Waals surface area contributed by atoms with Crippen molar-refractivity contribution >= 4 is 22.1 Å². The topological polar surface area (TPSA) is 71.2 Å². The average Bonchev–Trinajstić information content (AvgIpc) is 2.32. The monoisotopic (exact) mass is 245 g/mol. The molecule has 0 bridgehead atoms. The lowest BCUT2D eigenvalue weighted by atomic mass is 10.1. The summed E-state index contributed by atoms with van der Waals surface area (Å²) >= 11 is 0. The van der Waals surface area contributed by atoms with E-state index in [0.29, 0.717) is 6.42 Å². The number of hydrogen-bond donors (Lipinski definition) is 3. The van der Waals surface area contributed by atoms with E-state index in [1.54, 1.807) is 19.3 Å². The summed E-state index contributed by atoms with van der Waals surface area (Å²) in [6.45, 7) is 3.85. The number of aliphatic hydroxyl groups is 1. The zero-order chi connectivity index (χ0) is 13.1. The van der Waals surface area contributed by atoms with Crippen molar-refractivity contribution in [2.45, 2.75) is 32.4 Å². The van der Waals surface area contributed by atoms with Gasteiger partial charge in [-0.25, -0.2) is 0 Å². The van der Waals surface area contributed by atoms with Crippen LogP contribution in [0.2, 0.25) is 0 Å². The summed E-state index contributed by atoms with van der Waals surface area (Å²) in [5, 5.41) is 14.8. The maximum atomic E-state index is 9.39. The minimum Gasteiger partial charge on any atom is -0.398 e. The Balaban J connectivity index is 2.31. The molecular formula is C14H19N3O. The number of nitrogens with two attached hydrogens (primary N) is 1. The fraction of sp³-hybridized carbons (Fsp3) is 0.357. The zero-order valence-corrected chi connectivity index (χ0v) is 10.7. The first kappa shape index (κ1) is 12.6. The minimum absolute atomic E-state index is 0.199. The smallest absolute Gasteiger partial charge is 0.0531 e. The van der Waals surface area contributed by atoms with Crippen molar-refractivity contribution in [2.24, 2.45) is 0 Å². The van der Waals surface area contributed by atoms with Crippen molar-refractivity contribution in [1.29, 1.82) is 0 Å². The van der Waals surface area contributed by atoms with Gasteiger partial charge in [0.05, 0.1) is 6.10 Å². The maximum Gasteiger partial charge on any atom is 0.0531 e. The highest BCUT2D eigenvalue weighted by Gasteiger charge is 2.09. The molecule has 0 aliphatic heterocycles. The van der Waals surface area contributed by atoms with E-state index in [1.165, 1.54) is 0 Å². The van der Waals surface area contributed by atoms with Crippen LogP contribution in [0.15, 0.2) is 30.6 Å². The van der Waals surface area contributed by atoms with E-state index < -0.39 is 0 Å². The van der Waals surface area contributed by atoms with Crippen molar-refractivity contribution in [3.63, 3.8) is 0 Å². The molecule has 0 spiro atoms. The normalized spacial score (nSPS) is 14.4. The Morgan fingerprint density at radius 2 is 2.06 bits per heavy atom. The first-order valence-corrected chi connectivity index (χ1v) is 6.14. The van der Waals surface area contributed by atoms with Gasteiger partial charge in [-0.2, -0.15) is 0 Å². The number of benzene rings is 1. The van der Waals surface area contributed by atoms with Gasteiger partial charge in [0.25, 0.3) is 0 Å². The SMILES string of the molecule is CC(O)CC(C)Nc1ccc(N)c2cnccc12. The molecule has 0 saturated carbocycles. The van der Waals surface area contributed by atoms with Crippen molar-refractivity contribution in [1.82, 2.24) is 4.98 Å². The Hall–Kier alpha value is -1.81. The molecule has 0 amide bonds. The van der Waals surface area contributed by atoms with Gasteiger partial charge in [0.15, 0.2) is 0 Å². The van der Waals surface area contributed by atoms with Crippen LogP contribution in [0.25, 0.3) is 10.8 Å². The third-order valence-electron chi connectivity index (χ3n) is 2.95. The van der Waals surface area contributed by atoms with E-state index in [0.717, 1.165) is 22.1 Å². The molecule has 0 fully saturated rings. The van der Waals surface area contributed by atoms with Crippen LogP contribution < -0.4 is 11.1 Å². The Kier molecular flexibility index (Phi) is 3.67. The summed E-state index contributed by atoms with van der Waals surface area (Å²) in [5.74, 6) is 0. The lowest BCUT2D eigenvalue weighted by molar-refractivity contribution is 0.179. The molecule has 0 aliphatic carbocycles. The number of aliphatic hydroxyl groups excluding tert-OH is 1. The molecule has 18 heavy (non-hydrogen) atoms. The van der Waals surface area contributed by atoms with Gasteiger partial charge in [0.1, 0.15) is 0 Å². The molecule has 1 aromatic heterocycles. The summed E-state index contributed by atoms with van der Waals surface area (Å²) in [7, 11) is 0. The van der Waals surface area contributed by atoms with Crippen molar-refractivity contribution in [3.05, 3.63) is 30.6 Å². The molecule has 2 unspecified atom stereocenters. The largest absolute Gasteiger partial charge is 0.398 e. The highest BCUT2D eigenvalue weighted by atomic mass is 16.3. The van der Waals surface area contributed by atoms with Crippen LogP contribution in [0.1, 0.15) is 20.3 Å². The zero-order valence-electron chi connectivity index (χ0n) is 10.7. The highest BCUT2D eigenvalue weighted by molar-refractivity contribution is 6.00. The summed E-state index contributed by atoms with van der Waals surface area (Å²) in [4.78, 5) is 4.09. The summed E-state index contributed by atoms with van der Waals surface area (Å²) in [5.41, 5.74) is 7.68. The first-order chi connectivity index (χ1) is 8.58. The molecule has 4 heteroatoms. The van der Waals surface area contributed by atoms with Crippen LogP contribution in [0.4, 0.5) is 11.4 Å². The molecule has 0 radical (unpaired) electrons. The molecule has 4 N–H and O–H groups in total. The van der Waals surface area contributed by atoms with Crippen LogP contribution in [-0.2, 0) is 0 Å². The van der Waals surface area contributed by atoms with Crippen LogP contribution in [-0.4, -0.2) is 22.2 Å². The number of anilines is 2. The van der Waals surface area contributed by atoms with Crippen LogP contribution in [0.5, 0.6) is 0 Å². The van der Waals surface area contributed by atoms with Crippen molar-refractivity contribution in [3.8, 4) is 0 Å². The molecule has 4 nitrogen and oxygen atoms in total. The van der Waals surface area contributed by atoms with Crippen LogP contribution in [0.3, 0.4) is 0 Å². The van der Waals surface area contributed by atoms with E-state index in [-0.39, 0.29) is 12.1 Å². The maximum absolute atomic E-state index is 9.39. The predicted molar refractivity (Wildman–Crippen MR) is 75.5 cm³/mol. The van der Waals surface area contributed by atoms with E-state index in [1.807, 2.05) is 18.2 Å². The summed E-state index contributed by atoms with van der Waals surface area (Å²) in [6, 6.07) is 5.99. The molecule has 96 valence electrons. The van der Waals surface area contributed by atoms with E-state index >= 15 is 0 Å². The average molecular weight is 245 g/mol. The van der Waals surface area contributed by atoms with E-state index in [2.05, 4.69) is 17.2 Å². The fourth-order valence-electron chi connectivity index (χ4n) is 2.17. The first-order valence-electron chi connectivity index (χ1n) is 6.14. The van der Waals surface area contributed by atoms with Gasteiger partial charge in [-0.15, -0.1) is 0 Å². The Bertz CT molecular complexity index is 540. The lowest BCUT2D eigenvalue weighted by Gasteiger charge is -2.18. The number of fused-ring (bicyclic) bond motifs is 1. The molecule has 2 aromatic rings. The number of pyridine rings is 1. The number of hydrogen-bond acceptors (Lipinski definition) is 4. The van der Waals surface area contributed by atoms with Crippen LogP contribution in [0, 0.1) is 0 Å². The highest BCUT2D eigenvalue weighted by Crippen LogP contribution is 2.28. The molecule has 0 aliphatic rings. The predicted octanol–water partition coefficient (Wildman–Crippen LogP) is 2.39. The van der Waals surface area contributed by atoms with Gasteiger partial charge < -0.3 is 16.2 Å². The van der Waals surface area contributed by atoms with Gasteiger partial charge in [0, 0.05) is 40.6 Å². The quantitative estimate of drug-likeness (QED) is 0.723. The van der Waals surface area contributed by atoms with Gasteiger partial charge in [-0.3, -0.25) is 4.98 Å². The minimum atomic E-state index is -0.311. The Morgan fingerprint density at radius 3 is 2.78 bits per heavy atom. The second-order valence-corrected chi connectivity index (χ2v) is 4.75.